The molecule has 0 saturated carbocycles. The maximum absolute atomic E-state index is 11.8. The normalized spacial score (nSPS) is 11.2. The molecule has 0 aliphatic carbocycles. The minimum absolute atomic E-state index is 0.134. The molecule has 1 heterocycles. The summed E-state index contributed by atoms with van der Waals surface area (Å²) in [5, 5.41) is 18.4. The third-order valence-electron chi connectivity index (χ3n) is 3.13. The second kappa shape index (κ2) is 5.94. The van der Waals surface area contributed by atoms with Crippen molar-refractivity contribution >= 4 is 12.0 Å². The number of hydrogen-bond acceptors (Lipinski definition) is 3. The smallest absolute Gasteiger partial charge is 0.315 e. The molecule has 0 unspecified atom stereocenters. The Balaban J connectivity index is 2.58. The number of carbonyl (C=O) groups is 2. The molecule has 7 heteroatoms. The molecule has 0 atom stereocenters. The molecule has 0 spiro atoms. The van der Waals surface area contributed by atoms with E-state index in [1.54, 1.807) is 18.5 Å². The van der Waals surface area contributed by atoms with Crippen molar-refractivity contribution in [3.05, 3.63) is 17.0 Å². The summed E-state index contributed by atoms with van der Waals surface area (Å²) in [6, 6.07) is -0.390. The van der Waals surface area contributed by atoms with Crippen molar-refractivity contribution in [2.75, 3.05) is 0 Å². The highest BCUT2D eigenvalue weighted by atomic mass is 16.4. The lowest BCUT2D eigenvalue weighted by Gasteiger charge is -2.24. The second-order valence-corrected chi connectivity index (χ2v) is 5.54. The maximum Gasteiger partial charge on any atom is 0.315 e. The minimum Gasteiger partial charge on any atom is -0.481 e. The number of urea groups is 1. The van der Waals surface area contributed by atoms with Gasteiger partial charge in [0.15, 0.2) is 0 Å². The number of hydrogen-bond donors (Lipinski definition) is 3. The summed E-state index contributed by atoms with van der Waals surface area (Å²) in [6.45, 7) is 7.52. The van der Waals surface area contributed by atoms with E-state index >= 15 is 0 Å². The van der Waals surface area contributed by atoms with Crippen LogP contribution in [0.25, 0.3) is 0 Å². The Morgan fingerprint density at radius 2 is 1.95 bits per heavy atom. The van der Waals surface area contributed by atoms with Crippen LogP contribution in [0.3, 0.4) is 0 Å². The van der Waals surface area contributed by atoms with Gasteiger partial charge in [0, 0.05) is 30.4 Å². The summed E-state index contributed by atoms with van der Waals surface area (Å²) in [5.41, 5.74) is 2.04. The molecular formula is C13H22N4O3. The number of aliphatic carboxylic acids is 1. The van der Waals surface area contributed by atoms with Gasteiger partial charge in [-0.15, -0.1) is 0 Å². The van der Waals surface area contributed by atoms with Gasteiger partial charge in [-0.25, -0.2) is 4.79 Å². The van der Waals surface area contributed by atoms with Crippen LogP contribution in [0.4, 0.5) is 4.79 Å². The van der Waals surface area contributed by atoms with Gasteiger partial charge in [0.2, 0.25) is 0 Å². The van der Waals surface area contributed by atoms with Crippen molar-refractivity contribution in [1.29, 1.82) is 0 Å². The molecule has 0 fully saturated rings. The van der Waals surface area contributed by atoms with E-state index < -0.39 is 11.5 Å². The molecule has 112 valence electrons. The van der Waals surface area contributed by atoms with Gasteiger partial charge >= 0.3 is 12.0 Å². The number of carboxylic acid groups (broad SMARTS) is 1. The molecule has 3 N–H and O–H groups in total. The van der Waals surface area contributed by atoms with E-state index in [2.05, 4.69) is 15.7 Å². The predicted molar refractivity (Wildman–Crippen MR) is 74.4 cm³/mol. The van der Waals surface area contributed by atoms with Crippen molar-refractivity contribution in [3.8, 4) is 0 Å². The Morgan fingerprint density at radius 3 is 2.40 bits per heavy atom. The molecule has 0 aromatic carbocycles. The Hall–Kier alpha value is -2.05. The van der Waals surface area contributed by atoms with Gasteiger partial charge in [-0.1, -0.05) is 0 Å². The fraction of sp³-hybridized carbons (Fsp3) is 0.615. The molecule has 7 nitrogen and oxygen atoms in total. The molecule has 2 amide bonds. The van der Waals surface area contributed by atoms with Crippen LogP contribution in [0.2, 0.25) is 0 Å². The maximum atomic E-state index is 11.8. The van der Waals surface area contributed by atoms with Crippen LogP contribution >= 0.6 is 0 Å². The largest absolute Gasteiger partial charge is 0.481 e. The molecule has 0 aliphatic heterocycles. The van der Waals surface area contributed by atoms with Crippen LogP contribution in [-0.4, -0.2) is 32.4 Å². The summed E-state index contributed by atoms with van der Waals surface area (Å²) >= 11 is 0. The number of nitrogens with zero attached hydrogens (tertiary/aromatic N) is 2. The zero-order valence-electron chi connectivity index (χ0n) is 12.6. The molecule has 1 aromatic rings. The zero-order valence-corrected chi connectivity index (χ0v) is 12.6. The standard InChI is InChI=1S/C13H22N4O3/c1-8-10(9(2)17(5)16-8)7-14-12(20)15-13(3,4)6-11(18)19/h6-7H2,1-5H3,(H,18,19)(H2,14,15,20). The lowest BCUT2D eigenvalue weighted by Crippen LogP contribution is -2.49. The number of aromatic nitrogens is 2. The number of nitrogens with one attached hydrogen (secondary N) is 2. The van der Waals surface area contributed by atoms with Gasteiger partial charge in [-0.2, -0.15) is 5.10 Å². The lowest BCUT2D eigenvalue weighted by atomic mass is 10.0. The summed E-state index contributed by atoms with van der Waals surface area (Å²) < 4.78 is 1.76. The summed E-state index contributed by atoms with van der Waals surface area (Å²) in [5.74, 6) is -0.950. The molecule has 0 aliphatic rings. The summed E-state index contributed by atoms with van der Waals surface area (Å²) in [6.07, 6.45) is -0.134. The fourth-order valence-corrected chi connectivity index (χ4v) is 2.02. The van der Waals surface area contributed by atoms with Crippen molar-refractivity contribution in [2.45, 2.75) is 46.2 Å². The first-order valence-electron chi connectivity index (χ1n) is 6.39. The Labute approximate surface area is 118 Å². The second-order valence-electron chi connectivity index (χ2n) is 5.54. The Kier molecular flexibility index (Phi) is 4.75. The van der Waals surface area contributed by atoms with E-state index in [0.29, 0.717) is 6.54 Å². The van der Waals surface area contributed by atoms with Gasteiger partial charge in [0.1, 0.15) is 0 Å². The van der Waals surface area contributed by atoms with Gasteiger partial charge in [-0.3, -0.25) is 9.48 Å². The first-order valence-corrected chi connectivity index (χ1v) is 6.39. The van der Waals surface area contributed by atoms with E-state index in [1.165, 1.54) is 0 Å². The van der Waals surface area contributed by atoms with Crippen LogP contribution in [0.15, 0.2) is 0 Å². The predicted octanol–water partition coefficient (Wildman–Crippen LogP) is 1.09. The molecule has 20 heavy (non-hydrogen) atoms. The van der Waals surface area contributed by atoms with Gasteiger partial charge < -0.3 is 15.7 Å². The summed E-state index contributed by atoms with van der Waals surface area (Å²) in [7, 11) is 1.85. The highest BCUT2D eigenvalue weighted by molar-refractivity contribution is 5.76. The molecule has 1 aromatic heterocycles. The molecular weight excluding hydrogens is 260 g/mol. The zero-order chi connectivity index (χ0) is 15.5. The molecule has 0 saturated heterocycles. The quantitative estimate of drug-likeness (QED) is 0.753. The average molecular weight is 282 g/mol. The highest BCUT2D eigenvalue weighted by Crippen LogP contribution is 2.11. The van der Waals surface area contributed by atoms with Crippen LogP contribution in [-0.2, 0) is 18.4 Å². The van der Waals surface area contributed by atoms with Crippen molar-refractivity contribution in [3.63, 3.8) is 0 Å². The SMILES string of the molecule is Cc1nn(C)c(C)c1CNC(=O)NC(C)(C)CC(=O)O. The molecule has 0 bridgehead atoms. The van der Waals surface area contributed by atoms with Crippen LogP contribution < -0.4 is 10.6 Å². The van der Waals surface area contributed by atoms with Crippen LogP contribution in [0.1, 0.15) is 37.2 Å². The highest BCUT2D eigenvalue weighted by Gasteiger charge is 2.23. The fourth-order valence-electron chi connectivity index (χ4n) is 2.02. The minimum atomic E-state index is -0.950. The first kappa shape index (κ1) is 16.0. The third kappa shape index (κ3) is 4.25. The van der Waals surface area contributed by atoms with Crippen molar-refractivity contribution in [1.82, 2.24) is 20.4 Å². The van der Waals surface area contributed by atoms with E-state index in [9.17, 15) is 9.59 Å². The number of carbonyl (C=O) groups excluding carboxylic acids is 1. The summed E-state index contributed by atoms with van der Waals surface area (Å²) in [4.78, 5) is 22.5. The van der Waals surface area contributed by atoms with E-state index in [-0.39, 0.29) is 12.5 Å². The molecule has 1 rings (SSSR count). The van der Waals surface area contributed by atoms with Crippen LogP contribution in [0, 0.1) is 13.8 Å². The number of aryl methyl sites for hydroxylation is 2. The van der Waals surface area contributed by atoms with Crippen molar-refractivity contribution < 1.29 is 14.7 Å². The Morgan fingerprint density at radius 1 is 1.35 bits per heavy atom. The van der Waals surface area contributed by atoms with E-state index in [1.807, 2.05) is 20.9 Å². The number of amides is 2. The van der Waals surface area contributed by atoms with E-state index in [4.69, 9.17) is 5.11 Å². The van der Waals surface area contributed by atoms with Gasteiger partial charge in [-0.05, 0) is 27.7 Å². The van der Waals surface area contributed by atoms with E-state index in [0.717, 1.165) is 17.0 Å². The lowest BCUT2D eigenvalue weighted by molar-refractivity contribution is -0.138. The topological polar surface area (TPSA) is 96.3 Å². The van der Waals surface area contributed by atoms with Crippen molar-refractivity contribution in [2.24, 2.45) is 7.05 Å². The molecule has 0 radical (unpaired) electrons. The monoisotopic (exact) mass is 282 g/mol. The van der Waals surface area contributed by atoms with Gasteiger partial charge in [0.25, 0.3) is 0 Å². The third-order valence-corrected chi connectivity index (χ3v) is 3.13. The number of carboxylic acids is 1. The van der Waals surface area contributed by atoms with Gasteiger partial charge in [0.05, 0.1) is 12.1 Å². The average Bonchev–Trinajstić information content (AvgIpc) is 2.48. The Bertz CT molecular complexity index is 520. The first-order chi connectivity index (χ1) is 9.12. The van der Waals surface area contributed by atoms with Crippen LogP contribution in [0.5, 0.6) is 0 Å². The number of rotatable bonds is 5.